The third-order valence-electron chi connectivity index (χ3n) is 13.4. The number of thiophene rings is 6. The Labute approximate surface area is 478 Å². The fourth-order valence-corrected chi connectivity index (χ4v) is 15.0. The molecule has 0 nitrogen and oxygen atoms in total. The largest absolute Gasteiger partial charge is 0.394 e. The molecule has 0 radical (unpaired) electrons. The van der Waals surface area contributed by atoms with E-state index in [2.05, 4.69) is 152 Å². The predicted molar refractivity (Wildman–Crippen MR) is 331 cm³/mol. The Morgan fingerprint density at radius 2 is 0.789 bits per heavy atom. The molecule has 0 atom stereocenters. The highest BCUT2D eigenvalue weighted by Gasteiger charge is 2.48. The first-order valence-corrected chi connectivity index (χ1v) is 30.9. The van der Waals surface area contributed by atoms with Gasteiger partial charge < -0.3 is 0 Å². The van der Waals surface area contributed by atoms with Crippen LogP contribution in [0.15, 0.2) is 66.7 Å². The van der Waals surface area contributed by atoms with Gasteiger partial charge in [-0.15, -0.1) is 68.0 Å². The SMILES string of the molecule is Cc1cc(C)c(C)s1.Cc1cc(CC(C)(C)C(F)(F)F)sc1C.Cc1cc(CC(C)(C)C(F)(F)F)sc1C.Cc1cc(CC(C)(C)C)sc1C.Cc1sc2c(CC(C)C)cccc2c1C.Cc1sc2ccccc2c1C. The summed E-state index contributed by atoms with van der Waals surface area (Å²) in [6.07, 6.45) is -5.76. The average Bonchev–Trinajstić information content (AvgIpc) is 4.09. The second-order valence-corrected chi connectivity index (χ2v) is 31.2. The molecule has 0 spiro atoms. The van der Waals surface area contributed by atoms with Gasteiger partial charge in [-0.05, 0) is 207 Å². The molecular formula is C64H86F6S6. The van der Waals surface area contributed by atoms with Crippen LogP contribution in [0.4, 0.5) is 26.3 Å². The zero-order chi connectivity index (χ0) is 58.1. The summed E-state index contributed by atoms with van der Waals surface area (Å²) in [5, 5.41) is 2.87. The molecule has 0 aliphatic carbocycles. The molecule has 0 amide bonds. The van der Waals surface area contributed by atoms with Crippen molar-refractivity contribution in [1.29, 1.82) is 0 Å². The average molecular weight is 1160 g/mol. The Morgan fingerprint density at radius 1 is 0.408 bits per heavy atom. The van der Waals surface area contributed by atoms with E-state index in [1.165, 1.54) is 140 Å². The van der Waals surface area contributed by atoms with Gasteiger partial charge in [0.25, 0.3) is 0 Å². The van der Waals surface area contributed by atoms with E-state index in [0.717, 1.165) is 36.6 Å². The minimum Gasteiger partial charge on any atom is -0.171 e. The molecule has 12 heteroatoms. The molecule has 6 heterocycles. The second kappa shape index (κ2) is 27.8. The van der Waals surface area contributed by atoms with Crippen LogP contribution >= 0.6 is 68.0 Å². The number of hydrogen-bond acceptors (Lipinski definition) is 6. The summed E-state index contributed by atoms with van der Waals surface area (Å²) in [5.41, 5.74) is 6.57. The number of halogens is 6. The molecule has 0 bridgehead atoms. The Balaban J connectivity index is 0.000000243. The van der Waals surface area contributed by atoms with Gasteiger partial charge >= 0.3 is 12.4 Å². The quantitative estimate of drug-likeness (QED) is 0.140. The molecule has 420 valence electrons. The molecule has 0 saturated heterocycles. The summed E-state index contributed by atoms with van der Waals surface area (Å²) in [4.78, 5) is 12.6. The van der Waals surface area contributed by atoms with Crippen molar-refractivity contribution in [3.05, 3.63) is 154 Å². The maximum Gasteiger partial charge on any atom is 0.394 e. The van der Waals surface area contributed by atoms with Gasteiger partial charge in [0.15, 0.2) is 0 Å². The van der Waals surface area contributed by atoms with Crippen LogP contribution in [-0.4, -0.2) is 12.4 Å². The summed E-state index contributed by atoms with van der Waals surface area (Å²) < 4.78 is 78.7. The topological polar surface area (TPSA) is 0 Å². The Morgan fingerprint density at radius 3 is 1.13 bits per heavy atom. The van der Waals surface area contributed by atoms with Crippen molar-refractivity contribution < 1.29 is 26.3 Å². The Bertz CT molecular complexity index is 2920. The van der Waals surface area contributed by atoms with Crippen molar-refractivity contribution >= 4 is 88.2 Å². The summed E-state index contributed by atoms with van der Waals surface area (Å²) >= 11 is 10.6. The van der Waals surface area contributed by atoms with Gasteiger partial charge in [-0.25, -0.2) is 0 Å². The van der Waals surface area contributed by atoms with Gasteiger partial charge in [-0.3, -0.25) is 0 Å². The van der Waals surface area contributed by atoms with Crippen LogP contribution in [-0.2, 0) is 25.7 Å². The normalized spacial score (nSPS) is 12.0. The van der Waals surface area contributed by atoms with E-state index in [-0.39, 0.29) is 12.8 Å². The van der Waals surface area contributed by atoms with Gasteiger partial charge in [0.05, 0.1) is 10.8 Å². The lowest BCUT2D eigenvalue weighted by Gasteiger charge is -2.26. The lowest BCUT2D eigenvalue weighted by atomic mass is 9.88. The van der Waals surface area contributed by atoms with Crippen molar-refractivity contribution in [3.63, 3.8) is 0 Å². The molecule has 0 aliphatic heterocycles. The summed E-state index contributed by atoms with van der Waals surface area (Å²) in [7, 11) is 0. The Kier molecular flexibility index (Phi) is 24.5. The highest BCUT2D eigenvalue weighted by atomic mass is 32.1. The highest BCUT2D eigenvalue weighted by Crippen LogP contribution is 2.43. The van der Waals surface area contributed by atoms with Crippen LogP contribution in [0.2, 0.25) is 0 Å². The van der Waals surface area contributed by atoms with Crippen LogP contribution in [0.1, 0.15) is 150 Å². The molecule has 8 aromatic rings. The third-order valence-corrected chi connectivity index (χ3v) is 20.4. The first-order chi connectivity index (χ1) is 34.7. The number of benzene rings is 2. The molecule has 8 rings (SSSR count). The summed E-state index contributed by atoms with van der Waals surface area (Å²) in [5.74, 6) is 0.735. The van der Waals surface area contributed by atoms with E-state index < -0.39 is 23.2 Å². The van der Waals surface area contributed by atoms with E-state index in [4.69, 9.17) is 0 Å². The lowest BCUT2D eigenvalue weighted by Crippen LogP contribution is -2.33. The zero-order valence-electron chi connectivity index (χ0n) is 49.5. The van der Waals surface area contributed by atoms with Gasteiger partial charge in [0.1, 0.15) is 0 Å². The third kappa shape index (κ3) is 20.1. The van der Waals surface area contributed by atoms with E-state index in [0.29, 0.717) is 5.41 Å². The number of alkyl halides is 6. The van der Waals surface area contributed by atoms with Crippen molar-refractivity contribution in [3.8, 4) is 0 Å². The van der Waals surface area contributed by atoms with Crippen LogP contribution < -0.4 is 0 Å². The second-order valence-electron chi connectivity index (χ2n) is 23.3. The van der Waals surface area contributed by atoms with Crippen LogP contribution in [0.3, 0.4) is 0 Å². The van der Waals surface area contributed by atoms with Gasteiger partial charge in [-0.2, -0.15) is 26.3 Å². The van der Waals surface area contributed by atoms with Crippen LogP contribution in [0.25, 0.3) is 20.2 Å². The fraction of sp³-hybridized carbons (Fsp3) is 0.500. The number of fused-ring (bicyclic) bond motifs is 2. The monoisotopic (exact) mass is 1160 g/mol. The summed E-state index contributed by atoms with van der Waals surface area (Å²) in [6, 6.07) is 23.5. The number of aryl methyl sites for hydroxylation is 13. The summed E-state index contributed by atoms with van der Waals surface area (Å²) in [6.45, 7) is 43.8. The molecule has 0 unspecified atom stereocenters. The molecule has 6 aromatic heterocycles. The van der Waals surface area contributed by atoms with Gasteiger partial charge in [-0.1, -0.05) is 98.7 Å². The van der Waals surface area contributed by atoms with Crippen LogP contribution in [0.5, 0.6) is 0 Å². The predicted octanol–water partition coefficient (Wildman–Crippen LogP) is 23.9. The van der Waals surface area contributed by atoms with Gasteiger partial charge in [0, 0.05) is 58.2 Å². The molecule has 2 aromatic carbocycles. The van der Waals surface area contributed by atoms with E-state index in [9.17, 15) is 26.3 Å². The first-order valence-electron chi connectivity index (χ1n) is 26.0. The standard InChI is InChI=1S/C14H18S.2C11H15F3S.C11H18S.C10H10S.C7H10S/c1-9(2)8-12-6-5-7-13-10(3)11(4)15-14(12)13;2*1-7-5-9(15-8(7)2)6-10(3,4)11(12,13)14;1-8-6-10(12-9(8)2)7-11(3,4)5;1-7-8(2)11-10-6-4-3-5-9(7)10;1-5-4-6(2)8-7(5)3/h5-7,9H,8H2,1-4H3;2*5H,6H2,1-4H3;6H,7H2,1-5H3;3-6H,1-2H3;4H,1-3H3. The smallest absolute Gasteiger partial charge is 0.171 e. The fourth-order valence-electron chi connectivity index (χ4n) is 7.88. The zero-order valence-corrected chi connectivity index (χ0v) is 54.4. The molecular weight excluding hydrogens is 1080 g/mol. The number of hydrogen-bond donors (Lipinski definition) is 0. The van der Waals surface area contributed by atoms with Crippen molar-refractivity contribution in [2.24, 2.45) is 22.2 Å². The minimum atomic E-state index is -4.14. The van der Waals surface area contributed by atoms with Gasteiger partial charge in [0.2, 0.25) is 0 Å². The Hall–Kier alpha value is -3.26. The molecule has 0 N–H and O–H groups in total. The van der Waals surface area contributed by atoms with E-state index in [1.807, 2.05) is 85.2 Å². The van der Waals surface area contributed by atoms with E-state index >= 15 is 0 Å². The lowest BCUT2D eigenvalue weighted by molar-refractivity contribution is -0.211. The molecule has 0 saturated carbocycles. The number of rotatable bonds is 7. The maximum atomic E-state index is 12.6. The van der Waals surface area contributed by atoms with Crippen LogP contribution in [0, 0.1) is 112 Å². The van der Waals surface area contributed by atoms with Crippen molar-refractivity contribution in [2.75, 3.05) is 0 Å². The first kappa shape index (κ1) is 67.0. The maximum absolute atomic E-state index is 12.6. The molecule has 0 fully saturated rings. The van der Waals surface area contributed by atoms with E-state index in [1.54, 1.807) is 0 Å². The minimum absolute atomic E-state index is 0.0653. The molecule has 0 aliphatic rings. The van der Waals surface area contributed by atoms with Crippen molar-refractivity contribution in [2.45, 2.75) is 190 Å². The molecule has 76 heavy (non-hydrogen) atoms. The van der Waals surface area contributed by atoms with Crippen molar-refractivity contribution in [1.82, 2.24) is 0 Å². The highest BCUT2D eigenvalue weighted by molar-refractivity contribution is 7.19.